The van der Waals surface area contributed by atoms with Crippen molar-refractivity contribution in [2.45, 2.75) is 25.3 Å². The largest absolute Gasteiger partial charge is 0.484 e. The van der Waals surface area contributed by atoms with E-state index in [0.29, 0.717) is 18.7 Å². The Kier molecular flexibility index (Phi) is 5.01. The van der Waals surface area contributed by atoms with E-state index in [-0.39, 0.29) is 17.5 Å². The van der Waals surface area contributed by atoms with Gasteiger partial charge in [-0.2, -0.15) is 0 Å². The van der Waals surface area contributed by atoms with Crippen molar-refractivity contribution in [2.24, 2.45) is 5.73 Å². The first-order chi connectivity index (χ1) is 9.99. The Labute approximate surface area is 126 Å². The van der Waals surface area contributed by atoms with Gasteiger partial charge in [0.05, 0.1) is 5.02 Å². The molecule has 2 amide bonds. The number of hydrogen-bond acceptors (Lipinski definition) is 3. The van der Waals surface area contributed by atoms with E-state index in [1.54, 1.807) is 0 Å². The fraction of sp³-hybridized carbons (Fsp3) is 0.429. The second kappa shape index (κ2) is 6.76. The van der Waals surface area contributed by atoms with Crippen LogP contribution in [0.2, 0.25) is 5.02 Å². The minimum absolute atomic E-state index is 0.0760. The molecule has 0 saturated carbocycles. The first-order valence-corrected chi connectivity index (χ1v) is 7.03. The average molecular weight is 315 g/mol. The number of ether oxygens (including phenoxy) is 1. The van der Waals surface area contributed by atoms with E-state index in [1.807, 2.05) is 0 Å². The van der Waals surface area contributed by atoms with E-state index in [1.165, 1.54) is 17.0 Å². The minimum atomic E-state index is -0.577. The summed E-state index contributed by atoms with van der Waals surface area (Å²) in [6.07, 6.45) is 2.27. The predicted octanol–water partition coefficient (Wildman–Crippen LogP) is 1.72. The molecule has 21 heavy (non-hydrogen) atoms. The van der Waals surface area contributed by atoms with Crippen LogP contribution in [0.5, 0.6) is 5.75 Å². The SMILES string of the molecule is NC(=O)[C@@H]1CCCCN1C(=O)COc1ccc(F)c(Cl)c1. The van der Waals surface area contributed by atoms with Crippen molar-refractivity contribution in [3.63, 3.8) is 0 Å². The number of amides is 2. The van der Waals surface area contributed by atoms with Crippen molar-refractivity contribution in [1.82, 2.24) is 4.90 Å². The highest BCUT2D eigenvalue weighted by Gasteiger charge is 2.30. The van der Waals surface area contributed by atoms with Crippen molar-refractivity contribution in [1.29, 1.82) is 0 Å². The Bertz CT molecular complexity index is 553. The molecule has 1 aromatic carbocycles. The van der Waals surface area contributed by atoms with Gasteiger partial charge in [0.2, 0.25) is 5.91 Å². The van der Waals surface area contributed by atoms with Crippen molar-refractivity contribution in [3.8, 4) is 5.75 Å². The second-order valence-corrected chi connectivity index (χ2v) is 5.27. The van der Waals surface area contributed by atoms with Gasteiger partial charge in [-0.15, -0.1) is 0 Å². The van der Waals surface area contributed by atoms with Crippen LogP contribution in [0.1, 0.15) is 19.3 Å². The Morgan fingerprint density at radius 2 is 2.19 bits per heavy atom. The standard InChI is InChI=1S/C14H16ClFN2O3/c15-10-7-9(4-5-11(10)16)21-8-13(19)18-6-2-1-3-12(18)14(17)20/h4-5,7,12H,1-3,6,8H2,(H2,17,20)/t12-/m0/s1. The van der Waals surface area contributed by atoms with Crippen molar-refractivity contribution >= 4 is 23.4 Å². The highest BCUT2D eigenvalue weighted by molar-refractivity contribution is 6.30. The number of likely N-dealkylation sites (tertiary alicyclic amines) is 1. The molecule has 0 aliphatic carbocycles. The summed E-state index contributed by atoms with van der Waals surface area (Å²) in [6, 6.07) is 3.27. The first-order valence-electron chi connectivity index (χ1n) is 6.65. The van der Waals surface area contributed by atoms with Crippen LogP contribution in [-0.2, 0) is 9.59 Å². The van der Waals surface area contributed by atoms with Gasteiger partial charge in [-0.1, -0.05) is 11.6 Å². The fourth-order valence-electron chi connectivity index (χ4n) is 2.32. The number of carbonyl (C=O) groups excluding carboxylic acids is 2. The third-order valence-corrected chi connectivity index (χ3v) is 3.69. The molecule has 0 unspecified atom stereocenters. The van der Waals surface area contributed by atoms with Gasteiger partial charge < -0.3 is 15.4 Å². The van der Waals surface area contributed by atoms with Crippen LogP contribution in [0.4, 0.5) is 4.39 Å². The van der Waals surface area contributed by atoms with Crippen molar-refractivity contribution in [2.75, 3.05) is 13.2 Å². The molecule has 2 rings (SSSR count). The zero-order valence-corrected chi connectivity index (χ0v) is 12.1. The Morgan fingerprint density at radius 3 is 2.86 bits per heavy atom. The van der Waals surface area contributed by atoms with Crippen molar-refractivity contribution < 1.29 is 18.7 Å². The summed E-state index contributed by atoms with van der Waals surface area (Å²) < 4.78 is 18.3. The smallest absolute Gasteiger partial charge is 0.261 e. The molecule has 2 N–H and O–H groups in total. The van der Waals surface area contributed by atoms with Gasteiger partial charge in [0, 0.05) is 12.6 Å². The Morgan fingerprint density at radius 1 is 1.43 bits per heavy atom. The lowest BCUT2D eigenvalue weighted by molar-refractivity contribution is -0.142. The average Bonchev–Trinajstić information content (AvgIpc) is 2.48. The van der Waals surface area contributed by atoms with Crippen LogP contribution in [0.15, 0.2) is 18.2 Å². The number of benzene rings is 1. The molecule has 5 nitrogen and oxygen atoms in total. The van der Waals surface area contributed by atoms with E-state index < -0.39 is 17.8 Å². The first kappa shape index (κ1) is 15.6. The number of piperidine rings is 1. The predicted molar refractivity (Wildman–Crippen MR) is 75.5 cm³/mol. The molecule has 1 atom stereocenters. The van der Waals surface area contributed by atoms with Crippen LogP contribution in [0.25, 0.3) is 0 Å². The molecule has 114 valence electrons. The molecule has 1 aliphatic heterocycles. The number of nitrogens with zero attached hydrogens (tertiary/aromatic N) is 1. The maximum Gasteiger partial charge on any atom is 0.261 e. The second-order valence-electron chi connectivity index (χ2n) is 4.87. The number of nitrogens with two attached hydrogens (primary N) is 1. The molecular formula is C14H16ClFN2O3. The molecular weight excluding hydrogens is 299 g/mol. The van der Waals surface area contributed by atoms with Gasteiger partial charge >= 0.3 is 0 Å². The molecule has 0 aromatic heterocycles. The van der Waals surface area contributed by atoms with Crippen LogP contribution < -0.4 is 10.5 Å². The third kappa shape index (κ3) is 3.85. The number of carbonyl (C=O) groups is 2. The number of rotatable bonds is 4. The maximum atomic E-state index is 13.0. The molecule has 0 bridgehead atoms. The van der Waals surface area contributed by atoms with Gasteiger partial charge in [0.1, 0.15) is 17.6 Å². The Hall–Kier alpha value is -1.82. The van der Waals surface area contributed by atoms with E-state index >= 15 is 0 Å². The van der Waals surface area contributed by atoms with E-state index in [2.05, 4.69) is 0 Å². The summed E-state index contributed by atoms with van der Waals surface area (Å²) in [5, 5.41) is -0.0760. The highest BCUT2D eigenvalue weighted by Crippen LogP contribution is 2.22. The zero-order chi connectivity index (χ0) is 15.4. The fourth-order valence-corrected chi connectivity index (χ4v) is 2.49. The van der Waals surface area contributed by atoms with Gasteiger partial charge in [-0.05, 0) is 31.4 Å². The van der Waals surface area contributed by atoms with Crippen molar-refractivity contribution in [3.05, 3.63) is 29.0 Å². The highest BCUT2D eigenvalue weighted by atomic mass is 35.5. The normalized spacial score (nSPS) is 18.4. The molecule has 1 fully saturated rings. The maximum absolute atomic E-state index is 13.0. The molecule has 1 heterocycles. The monoisotopic (exact) mass is 314 g/mol. The third-order valence-electron chi connectivity index (χ3n) is 3.40. The van der Waals surface area contributed by atoms with Gasteiger partial charge in [-0.25, -0.2) is 4.39 Å². The minimum Gasteiger partial charge on any atom is -0.484 e. The summed E-state index contributed by atoms with van der Waals surface area (Å²) in [5.74, 6) is -1.09. The van der Waals surface area contributed by atoms with Gasteiger partial charge in [-0.3, -0.25) is 9.59 Å². The lowest BCUT2D eigenvalue weighted by atomic mass is 10.0. The molecule has 1 aromatic rings. The molecule has 0 radical (unpaired) electrons. The van der Waals surface area contributed by atoms with Gasteiger partial charge in [0.25, 0.3) is 5.91 Å². The zero-order valence-electron chi connectivity index (χ0n) is 11.4. The number of hydrogen-bond donors (Lipinski definition) is 1. The molecule has 1 saturated heterocycles. The van der Waals surface area contributed by atoms with E-state index in [4.69, 9.17) is 22.1 Å². The lowest BCUT2D eigenvalue weighted by Crippen LogP contribution is -2.51. The molecule has 7 heteroatoms. The quantitative estimate of drug-likeness (QED) is 0.919. The van der Waals surface area contributed by atoms with Gasteiger partial charge in [0.15, 0.2) is 6.61 Å². The summed E-state index contributed by atoms with van der Waals surface area (Å²) in [4.78, 5) is 24.9. The number of halogens is 2. The Balaban J connectivity index is 1.96. The van der Waals surface area contributed by atoms with E-state index in [0.717, 1.165) is 18.9 Å². The number of primary amides is 1. The molecule has 0 spiro atoms. The van der Waals surface area contributed by atoms with Crippen LogP contribution in [-0.4, -0.2) is 35.9 Å². The van der Waals surface area contributed by atoms with Crippen LogP contribution in [0, 0.1) is 5.82 Å². The lowest BCUT2D eigenvalue weighted by Gasteiger charge is -2.33. The van der Waals surface area contributed by atoms with Crippen LogP contribution >= 0.6 is 11.6 Å². The van der Waals surface area contributed by atoms with Crippen LogP contribution in [0.3, 0.4) is 0 Å². The summed E-state index contributed by atoms with van der Waals surface area (Å²) in [7, 11) is 0. The van der Waals surface area contributed by atoms with E-state index in [9.17, 15) is 14.0 Å². The summed E-state index contributed by atoms with van der Waals surface area (Å²) in [5.41, 5.74) is 5.31. The molecule has 1 aliphatic rings. The summed E-state index contributed by atoms with van der Waals surface area (Å²) in [6.45, 7) is 0.242. The topological polar surface area (TPSA) is 72.6 Å². The summed E-state index contributed by atoms with van der Waals surface area (Å²) >= 11 is 5.63.